The van der Waals surface area contributed by atoms with Gasteiger partial charge in [-0.05, 0) is 20.8 Å². The molecule has 0 fully saturated rings. The van der Waals surface area contributed by atoms with Gasteiger partial charge in [0.05, 0.1) is 5.54 Å². The van der Waals surface area contributed by atoms with Gasteiger partial charge in [-0.15, -0.1) is 0 Å². The van der Waals surface area contributed by atoms with E-state index in [-0.39, 0.29) is 17.0 Å². The molecule has 0 spiro atoms. The highest BCUT2D eigenvalue weighted by Gasteiger charge is 2.37. The average Bonchev–Trinajstić information content (AvgIpc) is 1.77. The second-order valence-electron chi connectivity index (χ2n) is 5.71. The molecule has 0 aliphatic heterocycles. The molecule has 3 heteroatoms. The molecule has 0 aromatic heterocycles. The topological polar surface area (TPSA) is 53.9 Å². The van der Waals surface area contributed by atoms with E-state index in [0.717, 1.165) is 0 Å². The second-order valence-corrected chi connectivity index (χ2v) is 5.71. The summed E-state index contributed by atoms with van der Waals surface area (Å²) >= 11 is 0. The van der Waals surface area contributed by atoms with Gasteiger partial charge in [-0.2, -0.15) is 0 Å². The van der Waals surface area contributed by atoms with Crippen LogP contribution in [0.4, 0.5) is 0 Å². The third-order valence-corrected chi connectivity index (χ3v) is 1.87. The Morgan fingerprint density at radius 2 is 1.54 bits per heavy atom. The highest BCUT2D eigenvalue weighted by molar-refractivity contribution is 5.72. The van der Waals surface area contributed by atoms with Crippen molar-refractivity contribution in [1.82, 2.24) is 0 Å². The lowest BCUT2D eigenvalue weighted by Crippen LogP contribution is -3.02. The van der Waals surface area contributed by atoms with E-state index >= 15 is 0 Å². The molecule has 0 heterocycles. The van der Waals surface area contributed by atoms with Crippen LogP contribution in [0.3, 0.4) is 0 Å². The predicted molar refractivity (Wildman–Crippen MR) is 52.6 cm³/mol. The van der Waals surface area contributed by atoms with Gasteiger partial charge in [0.1, 0.15) is 0 Å². The van der Waals surface area contributed by atoms with Crippen LogP contribution < -0.4 is 5.32 Å². The normalized spacial score (nSPS) is 15.5. The zero-order valence-corrected chi connectivity index (χ0v) is 9.51. The van der Waals surface area contributed by atoms with Crippen molar-refractivity contribution in [3.8, 4) is 0 Å². The van der Waals surface area contributed by atoms with E-state index in [9.17, 15) is 4.79 Å². The first kappa shape index (κ1) is 12.4. The molecule has 0 saturated carbocycles. The predicted octanol–water partition coefficient (Wildman–Crippen LogP) is 0.848. The van der Waals surface area contributed by atoms with Crippen molar-refractivity contribution in [3.63, 3.8) is 0 Å². The molecule has 0 aliphatic carbocycles. The van der Waals surface area contributed by atoms with Crippen molar-refractivity contribution < 1.29 is 15.2 Å². The number of rotatable bonds is 2. The maximum atomic E-state index is 11.0. The van der Waals surface area contributed by atoms with Gasteiger partial charge in [-0.25, -0.2) is 4.79 Å². The molecule has 0 aromatic carbocycles. The zero-order chi connectivity index (χ0) is 10.9. The van der Waals surface area contributed by atoms with Crippen LogP contribution in [0.5, 0.6) is 0 Å². The van der Waals surface area contributed by atoms with E-state index in [4.69, 9.17) is 5.11 Å². The van der Waals surface area contributed by atoms with Gasteiger partial charge in [0.15, 0.2) is 6.04 Å². The van der Waals surface area contributed by atoms with E-state index in [2.05, 4.69) is 0 Å². The van der Waals surface area contributed by atoms with Gasteiger partial charge in [-0.3, -0.25) is 0 Å². The minimum Gasteiger partial charge on any atom is -0.477 e. The maximum Gasteiger partial charge on any atom is 0.362 e. The maximum absolute atomic E-state index is 11.0. The van der Waals surface area contributed by atoms with Gasteiger partial charge < -0.3 is 10.4 Å². The van der Waals surface area contributed by atoms with Gasteiger partial charge in [0.2, 0.25) is 0 Å². The number of hydrogen-bond acceptors (Lipinski definition) is 1. The molecule has 78 valence electrons. The number of carboxylic acids is 1. The molecule has 0 radical (unpaired) electrons. The Kier molecular flexibility index (Phi) is 3.50. The first-order valence-electron chi connectivity index (χ1n) is 4.63. The fraction of sp³-hybridized carbons (Fsp3) is 0.900. The first-order chi connectivity index (χ1) is 5.54. The molecule has 13 heavy (non-hydrogen) atoms. The summed E-state index contributed by atoms with van der Waals surface area (Å²) in [6.45, 7) is 11.9. The number of aliphatic carboxylic acids is 1. The van der Waals surface area contributed by atoms with E-state index in [1.165, 1.54) is 0 Å². The molecule has 3 nitrogen and oxygen atoms in total. The van der Waals surface area contributed by atoms with E-state index in [1.807, 2.05) is 46.9 Å². The van der Waals surface area contributed by atoms with Gasteiger partial charge >= 0.3 is 5.97 Å². The molecule has 0 aromatic rings. The van der Waals surface area contributed by atoms with Crippen molar-refractivity contribution in [2.75, 3.05) is 0 Å². The molecular weight excluding hydrogens is 166 g/mol. The number of carboxylic acid groups (broad SMARTS) is 1. The summed E-state index contributed by atoms with van der Waals surface area (Å²) in [4.78, 5) is 11.0. The highest BCUT2D eigenvalue weighted by atomic mass is 16.4. The van der Waals surface area contributed by atoms with Gasteiger partial charge in [0, 0.05) is 5.41 Å². The van der Waals surface area contributed by atoms with Crippen LogP contribution in [0.25, 0.3) is 0 Å². The molecule has 0 amide bonds. The van der Waals surface area contributed by atoms with E-state index < -0.39 is 5.97 Å². The highest BCUT2D eigenvalue weighted by Crippen LogP contribution is 2.17. The van der Waals surface area contributed by atoms with Crippen molar-refractivity contribution in [2.24, 2.45) is 5.41 Å². The third-order valence-electron chi connectivity index (χ3n) is 1.87. The lowest BCUT2D eigenvalue weighted by molar-refractivity contribution is -0.746. The summed E-state index contributed by atoms with van der Waals surface area (Å²) in [5.41, 5.74) is -0.255. The number of nitrogens with two attached hydrogens (primary N) is 1. The Morgan fingerprint density at radius 3 is 1.62 bits per heavy atom. The third kappa shape index (κ3) is 4.88. The Labute approximate surface area is 80.5 Å². The largest absolute Gasteiger partial charge is 0.477 e. The quantitative estimate of drug-likeness (QED) is 0.675. The molecule has 3 N–H and O–H groups in total. The smallest absolute Gasteiger partial charge is 0.362 e. The SMILES string of the molecule is CC(C)(C)[NH2+][C@@H](C(=O)O)C(C)(C)C. The number of quaternary nitrogens is 1. The van der Waals surface area contributed by atoms with Crippen molar-refractivity contribution in [2.45, 2.75) is 53.1 Å². The van der Waals surface area contributed by atoms with Crippen LogP contribution in [0, 0.1) is 5.41 Å². The zero-order valence-electron chi connectivity index (χ0n) is 9.51. The fourth-order valence-corrected chi connectivity index (χ4v) is 1.19. The van der Waals surface area contributed by atoms with Crippen LogP contribution in [0.2, 0.25) is 0 Å². The standard InChI is InChI=1S/C10H21NO2/c1-9(2,3)7(8(12)13)11-10(4,5)6/h7,11H,1-6H3,(H,12,13)/p+1/t7-/m0/s1. The molecule has 0 saturated heterocycles. The summed E-state index contributed by atoms with van der Waals surface area (Å²) in [5.74, 6) is -0.734. The summed E-state index contributed by atoms with van der Waals surface area (Å²) < 4.78 is 0. The van der Waals surface area contributed by atoms with E-state index in [0.29, 0.717) is 0 Å². The summed E-state index contributed by atoms with van der Waals surface area (Å²) in [7, 11) is 0. The van der Waals surface area contributed by atoms with Crippen molar-refractivity contribution >= 4 is 5.97 Å². The van der Waals surface area contributed by atoms with Crippen LogP contribution in [-0.2, 0) is 4.79 Å². The Hall–Kier alpha value is -0.570. The van der Waals surface area contributed by atoms with Crippen LogP contribution in [0.15, 0.2) is 0 Å². The molecule has 0 bridgehead atoms. The molecule has 1 atom stereocenters. The van der Waals surface area contributed by atoms with Crippen molar-refractivity contribution in [1.29, 1.82) is 0 Å². The van der Waals surface area contributed by atoms with Gasteiger partial charge in [-0.1, -0.05) is 20.8 Å². The van der Waals surface area contributed by atoms with Crippen molar-refractivity contribution in [3.05, 3.63) is 0 Å². The molecule has 0 unspecified atom stereocenters. The summed E-state index contributed by atoms with van der Waals surface area (Å²) in [6, 6.07) is -0.382. The molecular formula is C10H22NO2+. The lowest BCUT2D eigenvalue weighted by Gasteiger charge is -2.30. The Morgan fingerprint density at radius 1 is 1.15 bits per heavy atom. The first-order valence-corrected chi connectivity index (χ1v) is 4.63. The second kappa shape index (κ2) is 3.66. The Bertz CT molecular complexity index is 186. The monoisotopic (exact) mass is 188 g/mol. The minimum atomic E-state index is -0.734. The summed E-state index contributed by atoms with van der Waals surface area (Å²) in [6.07, 6.45) is 0. The molecule has 0 aliphatic rings. The fourth-order valence-electron chi connectivity index (χ4n) is 1.19. The number of hydrogen-bond donors (Lipinski definition) is 2. The summed E-state index contributed by atoms with van der Waals surface area (Å²) in [5, 5.41) is 11.0. The van der Waals surface area contributed by atoms with Gasteiger partial charge in [0.25, 0.3) is 0 Å². The minimum absolute atomic E-state index is 0.0453. The van der Waals surface area contributed by atoms with Crippen LogP contribution in [-0.4, -0.2) is 22.7 Å². The van der Waals surface area contributed by atoms with E-state index in [1.54, 1.807) is 0 Å². The number of carbonyl (C=O) groups is 1. The lowest BCUT2D eigenvalue weighted by atomic mass is 9.85. The van der Waals surface area contributed by atoms with Crippen LogP contribution >= 0.6 is 0 Å². The average molecular weight is 188 g/mol. The molecule has 0 rings (SSSR count). The van der Waals surface area contributed by atoms with Crippen LogP contribution in [0.1, 0.15) is 41.5 Å². The Balaban J connectivity index is 4.56.